The first kappa shape index (κ1) is 20.0. The van der Waals surface area contributed by atoms with Gasteiger partial charge in [-0.05, 0) is 52.7 Å². The maximum absolute atomic E-state index is 13.9. The first-order valence-electron chi connectivity index (χ1n) is 8.62. The number of nitrogens with one attached hydrogen (secondary N) is 1. The summed E-state index contributed by atoms with van der Waals surface area (Å²) in [5, 5.41) is 2.64. The molecular formula is C20H18BrFN2O4. The number of carbonyl (C=O) groups excluding carboxylic acids is 3. The molecule has 1 unspecified atom stereocenters. The molecule has 0 saturated carbocycles. The van der Waals surface area contributed by atoms with E-state index in [2.05, 4.69) is 21.2 Å². The number of hydrogen-bond donors (Lipinski definition) is 1. The second-order valence-corrected chi connectivity index (χ2v) is 7.35. The van der Waals surface area contributed by atoms with Gasteiger partial charge in [0.25, 0.3) is 5.91 Å². The molecule has 146 valence electrons. The number of carbonyl (C=O) groups is 3. The van der Waals surface area contributed by atoms with Gasteiger partial charge in [0.2, 0.25) is 5.91 Å². The summed E-state index contributed by atoms with van der Waals surface area (Å²) >= 11 is 3.35. The van der Waals surface area contributed by atoms with Crippen molar-refractivity contribution in [3.8, 4) is 0 Å². The van der Waals surface area contributed by atoms with E-state index in [4.69, 9.17) is 4.74 Å². The summed E-state index contributed by atoms with van der Waals surface area (Å²) in [7, 11) is 0. The molecule has 0 aliphatic carbocycles. The van der Waals surface area contributed by atoms with Crippen molar-refractivity contribution < 1.29 is 23.5 Å². The Kier molecular flexibility index (Phi) is 6.08. The largest absolute Gasteiger partial charge is 0.455 e. The lowest BCUT2D eigenvalue weighted by atomic mass is 10.1. The van der Waals surface area contributed by atoms with Gasteiger partial charge in [0.05, 0.1) is 17.3 Å². The minimum Gasteiger partial charge on any atom is -0.455 e. The Morgan fingerprint density at radius 2 is 2.04 bits per heavy atom. The topological polar surface area (TPSA) is 75.7 Å². The molecule has 2 aromatic carbocycles. The van der Waals surface area contributed by atoms with E-state index in [1.807, 2.05) is 19.1 Å². The fourth-order valence-corrected chi connectivity index (χ4v) is 3.52. The second-order valence-electron chi connectivity index (χ2n) is 6.50. The predicted molar refractivity (Wildman–Crippen MR) is 105 cm³/mol. The molecule has 1 saturated heterocycles. The van der Waals surface area contributed by atoms with Crippen molar-refractivity contribution in [3.63, 3.8) is 0 Å². The molecule has 0 aromatic heterocycles. The van der Waals surface area contributed by atoms with Gasteiger partial charge >= 0.3 is 5.97 Å². The monoisotopic (exact) mass is 448 g/mol. The van der Waals surface area contributed by atoms with Crippen LogP contribution in [0.5, 0.6) is 0 Å². The number of anilines is 2. The van der Waals surface area contributed by atoms with Gasteiger partial charge in [0.15, 0.2) is 6.61 Å². The van der Waals surface area contributed by atoms with Gasteiger partial charge in [0.1, 0.15) is 5.82 Å². The lowest BCUT2D eigenvalue weighted by Crippen LogP contribution is -2.28. The van der Waals surface area contributed by atoms with Crippen LogP contribution >= 0.6 is 15.9 Å². The predicted octanol–water partition coefficient (Wildman–Crippen LogP) is 3.43. The first-order valence-corrected chi connectivity index (χ1v) is 9.42. The zero-order chi connectivity index (χ0) is 20.3. The van der Waals surface area contributed by atoms with Crippen LogP contribution in [-0.2, 0) is 19.1 Å². The fraction of sp³-hybridized carbons (Fsp3) is 0.250. The van der Waals surface area contributed by atoms with Gasteiger partial charge in [0, 0.05) is 17.4 Å². The number of benzene rings is 2. The van der Waals surface area contributed by atoms with Crippen LogP contribution in [0.3, 0.4) is 0 Å². The smallest absolute Gasteiger partial charge is 0.311 e. The van der Waals surface area contributed by atoms with Crippen molar-refractivity contribution in [1.29, 1.82) is 0 Å². The quantitative estimate of drug-likeness (QED) is 0.710. The minimum absolute atomic E-state index is 0.0176. The van der Waals surface area contributed by atoms with Crippen LogP contribution in [0.2, 0.25) is 0 Å². The van der Waals surface area contributed by atoms with Crippen molar-refractivity contribution in [3.05, 3.63) is 58.3 Å². The van der Waals surface area contributed by atoms with Gasteiger partial charge in [-0.25, -0.2) is 4.39 Å². The molecule has 2 aromatic rings. The number of esters is 1. The lowest BCUT2D eigenvalue weighted by molar-refractivity contribution is -0.151. The maximum atomic E-state index is 13.9. The van der Waals surface area contributed by atoms with E-state index in [0.29, 0.717) is 10.2 Å². The highest BCUT2D eigenvalue weighted by molar-refractivity contribution is 9.10. The average molecular weight is 449 g/mol. The van der Waals surface area contributed by atoms with Crippen LogP contribution in [0.1, 0.15) is 12.0 Å². The van der Waals surface area contributed by atoms with Crippen molar-refractivity contribution in [1.82, 2.24) is 0 Å². The number of halogens is 2. The highest BCUT2D eigenvalue weighted by atomic mass is 79.9. The third-order valence-electron chi connectivity index (χ3n) is 4.35. The first-order chi connectivity index (χ1) is 13.3. The number of rotatable bonds is 5. The third kappa shape index (κ3) is 4.56. The summed E-state index contributed by atoms with van der Waals surface area (Å²) in [5.41, 5.74) is 1.72. The molecule has 2 amide bonds. The Labute approximate surface area is 169 Å². The van der Waals surface area contributed by atoms with E-state index in [-0.39, 0.29) is 24.6 Å². The highest BCUT2D eigenvalue weighted by Crippen LogP contribution is 2.28. The summed E-state index contributed by atoms with van der Waals surface area (Å²) in [4.78, 5) is 37.6. The second kappa shape index (κ2) is 8.52. The molecule has 1 N–H and O–H groups in total. The number of hydrogen-bond acceptors (Lipinski definition) is 4. The molecule has 0 spiro atoms. The Morgan fingerprint density at radius 3 is 2.75 bits per heavy atom. The summed E-state index contributed by atoms with van der Waals surface area (Å²) < 4.78 is 19.7. The van der Waals surface area contributed by atoms with Crippen molar-refractivity contribution in [2.75, 3.05) is 23.4 Å². The van der Waals surface area contributed by atoms with Crippen LogP contribution in [0, 0.1) is 18.7 Å². The molecule has 0 bridgehead atoms. The zero-order valence-corrected chi connectivity index (χ0v) is 16.7. The van der Waals surface area contributed by atoms with Crippen molar-refractivity contribution in [2.24, 2.45) is 5.92 Å². The minimum atomic E-state index is -0.744. The van der Waals surface area contributed by atoms with E-state index >= 15 is 0 Å². The third-order valence-corrected chi connectivity index (χ3v) is 5.00. The Morgan fingerprint density at radius 1 is 1.29 bits per heavy atom. The Balaban J connectivity index is 1.54. The van der Waals surface area contributed by atoms with Crippen LogP contribution in [0.15, 0.2) is 46.9 Å². The molecule has 1 atom stereocenters. The molecule has 1 fully saturated rings. The maximum Gasteiger partial charge on any atom is 0.311 e. The van der Waals surface area contributed by atoms with Gasteiger partial charge in [-0.15, -0.1) is 0 Å². The van der Waals surface area contributed by atoms with Gasteiger partial charge < -0.3 is 15.0 Å². The Hall–Kier alpha value is -2.74. The number of para-hydroxylation sites is 1. The van der Waals surface area contributed by atoms with E-state index < -0.39 is 30.2 Å². The molecule has 0 radical (unpaired) electrons. The number of aryl methyl sites for hydroxylation is 1. The summed E-state index contributed by atoms with van der Waals surface area (Å²) in [6.07, 6.45) is -0.0850. The number of amides is 2. The van der Waals surface area contributed by atoms with Gasteiger partial charge in [-0.1, -0.05) is 18.2 Å². The molecule has 6 nitrogen and oxygen atoms in total. The summed E-state index contributed by atoms with van der Waals surface area (Å²) in [6, 6.07) is 11.3. The van der Waals surface area contributed by atoms with E-state index in [1.165, 1.54) is 23.1 Å². The average Bonchev–Trinajstić information content (AvgIpc) is 3.04. The van der Waals surface area contributed by atoms with Crippen LogP contribution in [0.4, 0.5) is 15.8 Å². The molecule has 3 rings (SSSR count). The van der Waals surface area contributed by atoms with Crippen LogP contribution in [-0.4, -0.2) is 30.9 Å². The zero-order valence-electron chi connectivity index (χ0n) is 15.1. The Bertz CT molecular complexity index is 934. The molecule has 1 heterocycles. The summed E-state index contributed by atoms with van der Waals surface area (Å²) in [6.45, 7) is 1.47. The van der Waals surface area contributed by atoms with E-state index in [9.17, 15) is 18.8 Å². The van der Waals surface area contributed by atoms with Crippen molar-refractivity contribution >= 4 is 45.1 Å². The van der Waals surface area contributed by atoms with Gasteiger partial charge in [-0.3, -0.25) is 14.4 Å². The highest BCUT2D eigenvalue weighted by Gasteiger charge is 2.37. The van der Waals surface area contributed by atoms with Crippen LogP contribution in [0.25, 0.3) is 0 Å². The molecule has 28 heavy (non-hydrogen) atoms. The fourth-order valence-electron chi connectivity index (χ4n) is 2.93. The molecular weight excluding hydrogens is 431 g/mol. The standard InChI is InChI=1S/C20H18BrFN2O4/c1-12-6-7-16(14(21)8-12)23-18(25)11-28-20(27)13-9-19(26)24(10-13)17-5-3-2-4-15(17)22/h2-8,13H,9-11H2,1H3,(H,23,25). The number of nitrogens with zero attached hydrogens (tertiary/aromatic N) is 1. The summed E-state index contributed by atoms with van der Waals surface area (Å²) in [5.74, 6) is -2.79. The SMILES string of the molecule is Cc1ccc(NC(=O)COC(=O)C2CC(=O)N(c3ccccc3F)C2)c(Br)c1. The number of ether oxygens (including phenoxy) is 1. The van der Waals surface area contributed by atoms with Crippen molar-refractivity contribution in [2.45, 2.75) is 13.3 Å². The van der Waals surface area contributed by atoms with Gasteiger partial charge in [-0.2, -0.15) is 0 Å². The van der Waals surface area contributed by atoms with E-state index in [0.717, 1.165) is 5.56 Å². The van der Waals surface area contributed by atoms with E-state index in [1.54, 1.807) is 12.1 Å². The molecule has 1 aliphatic rings. The molecule has 1 aliphatic heterocycles. The molecule has 8 heteroatoms. The normalized spacial score (nSPS) is 16.2. The van der Waals surface area contributed by atoms with Crippen LogP contribution < -0.4 is 10.2 Å². The lowest BCUT2D eigenvalue weighted by Gasteiger charge is -2.17.